The lowest BCUT2D eigenvalue weighted by Crippen LogP contribution is -2.12. The van der Waals surface area contributed by atoms with Crippen LogP contribution in [0.3, 0.4) is 0 Å². The molecule has 0 fully saturated rings. The summed E-state index contributed by atoms with van der Waals surface area (Å²) in [6, 6.07) is 0. The number of allylic oxidation sites excluding steroid dienone is 1. The number of alkyl halides is 3. The number of ketones is 1. The molecule has 0 radical (unpaired) electrons. The van der Waals surface area contributed by atoms with Crippen molar-refractivity contribution in [2.75, 3.05) is 6.61 Å². The molecular formula is C7H9F3O2. The molecular weight excluding hydrogens is 173 g/mol. The molecule has 12 heavy (non-hydrogen) atoms. The van der Waals surface area contributed by atoms with Crippen LogP contribution in [0.2, 0.25) is 0 Å². The molecule has 5 heteroatoms. The molecule has 0 rings (SSSR count). The van der Waals surface area contributed by atoms with Gasteiger partial charge in [0, 0.05) is 6.08 Å². The summed E-state index contributed by atoms with van der Waals surface area (Å²) in [5.41, 5.74) is 0. The molecule has 0 unspecified atom stereocenters. The first-order valence-corrected chi connectivity index (χ1v) is 3.33. The third-order valence-electron chi connectivity index (χ3n) is 0.892. The quantitative estimate of drug-likeness (QED) is 0.491. The van der Waals surface area contributed by atoms with Crippen molar-refractivity contribution in [2.24, 2.45) is 0 Å². The molecule has 0 aliphatic rings. The molecule has 0 heterocycles. The van der Waals surface area contributed by atoms with E-state index in [4.69, 9.17) is 0 Å². The first-order chi connectivity index (χ1) is 5.45. The topological polar surface area (TPSA) is 26.3 Å². The number of halogens is 3. The van der Waals surface area contributed by atoms with Gasteiger partial charge in [-0.1, -0.05) is 0 Å². The van der Waals surface area contributed by atoms with Crippen molar-refractivity contribution in [3.63, 3.8) is 0 Å². The van der Waals surface area contributed by atoms with E-state index in [0.29, 0.717) is 6.61 Å². The minimum absolute atomic E-state index is 0.329. The summed E-state index contributed by atoms with van der Waals surface area (Å²) in [6.07, 6.45) is -4.13. The summed E-state index contributed by atoms with van der Waals surface area (Å²) in [4.78, 5) is 10.4. The van der Waals surface area contributed by atoms with Gasteiger partial charge in [0.15, 0.2) is 5.78 Å². The number of hydrogen-bond acceptors (Lipinski definition) is 2. The summed E-state index contributed by atoms with van der Waals surface area (Å²) in [5.74, 6) is -1.00. The predicted molar refractivity (Wildman–Crippen MR) is 36.4 cm³/mol. The molecule has 0 saturated carbocycles. The van der Waals surface area contributed by atoms with E-state index in [2.05, 4.69) is 4.74 Å². The zero-order chi connectivity index (χ0) is 9.61. The number of ether oxygens (including phenoxy) is 1. The molecule has 0 aliphatic heterocycles. The SMILES string of the molecule is CCOC=CC(=O)CC(F)(F)F. The molecule has 70 valence electrons. The third kappa shape index (κ3) is 7.11. The lowest BCUT2D eigenvalue weighted by atomic mass is 10.3. The Kier molecular flexibility index (Phi) is 4.39. The first-order valence-electron chi connectivity index (χ1n) is 3.33. The molecule has 0 aliphatic carbocycles. The molecule has 0 aromatic rings. The second-order valence-electron chi connectivity index (χ2n) is 2.02. The Morgan fingerprint density at radius 1 is 1.50 bits per heavy atom. The van der Waals surface area contributed by atoms with Gasteiger partial charge in [-0.15, -0.1) is 0 Å². The summed E-state index contributed by atoms with van der Waals surface area (Å²) >= 11 is 0. The Labute approximate surface area is 68.0 Å². The highest BCUT2D eigenvalue weighted by Gasteiger charge is 2.29. The van der Waals surface area contributed by atoms with Crippen LogP contribution in [0, 0.1) is 0 Å². The van der Waals surface area contributed by atoms with Crippen molar-refractivity contribution in [1.82, 2.24) is 0 Å². The van der Waals surface area contributed by atoms with Crippen LogP contribution in [-0.2, 0) is 9.53 Å². The molecule has 0 bridgehead atoms. The highest BCUT2D eigenvalue weighted by molar-refractivity contribution is 5.89. The van der Waals surface area contributed by atoms with Crippen molar-refractivity contribution in [3.8, 4) is 0 Å². The van der Waals surface area contributed by atoms with Gasteiger partial charge in [0.1, 0.15) is 6.42 Å². The van der Waals surface area contributed by atoms with Gasteiger partial charge < -0.3 is 4.74 Å². The number of hydrogen-bond donors (Lipinski definition) is 0. The van der Waals surface area contributed by atoms with E-state index in [-0.39, 0.29) is 0 Å². The van der Waals surface area contributed by atoms with Gasteiger partial charge in [-0.25, -0.2) is 0 Å². The fraction of sp³-hybridized carbons (Fsp3) is 0.571. The monoisotopic (exact) mass is 182 g/mol. The van der Waals surface area contributed by atoms with Crippen molar-refractivity contribution in [2.45, 2.75) is 19.5 Å². The minimum Gasteiger partial charge on any atom is -0.501 e. The molecule has 0 saturated heterocycles. The van der Waals surface area contributed by atoms with Crippen LogP contribution >= 0.6 is 0 Å². The van der Waals surface area contributed by atoms with Crippen molar-refractivity contribution in [1.29, 1.82) is 0 Å². The van der Waals surface area contributed by atoms with Crippen LogP contribution in [-0.4, -0.2) is 18.6 Å². The zero-order valence-corrected chi connectivity index (χ0v) is 6.52. The Balaban J connectivity index is 3.75. The summed E-state index contributed by atoms with van der Waals surface area (Å²) in [5, 5.41) is 0. The Hall–Kier alpha value is -1.00. The minimum atomic E-state index is -4.44. The summed E-state index contributed by atoms with van der Waals surface area (Å²) in [7, 11) is 0. The summed E-state index contributed by atoms with van der Waals surface area (Å²) < 4.78 is 39.1. The van der Waals surface area contributed by atoms with E-state index in [9.17, 15) is 18.0 Å². The maximum atomic E-state index is 11.5. The van der Waals surface area contributed by atoms with E-state index in [1.165, 1.54) is 0 Å². The van der Waals surface area contributed by atoms with Gasteiger partial charge in [0.05, 0.1) is 12.9 Å². The van der Waals surface area contributed by atoms with Crippen LogP contribution in [0.25, 0.3) is 0 Å². The summed E-state index contributed by atoms with van der Waals surface area (Å²) in [6.45, 7) is 1.99. The van der Waals surface area contributed by atoms with Gasteiger partial charge >= 0.3 is 6.18 Å². The van der Waals surface area contributed by atoms with Gasteiger partial charge in [0.2, 0.25) is 0 Å². The van der Waals surface area contributed by atoms with Crippen molar-refractivity contribution >= 4 is 5.78 Å². The number of rotatable bonds is 4. The second kappa shape index (κ2) is 4.79. The lowest BCUT2D eigenvalue weighted by Gasteiger charge is -2.01. The van der Waals surface area contributed by atoms with Gasteiger partial charge in [-0.05, 0) is 6.92 Å². The van der Waals surface area contributed by atoms with Crippen molar-refractivity contribution < 1.29 is 22.7 Å². The molecule has 0 N–H and O–H groups in total. The number of carbonyl (C=O) groups excluding carboxylic acids is 1. The maximum absolute atomic E-state index is 11.5. The molecule has 0 aromatic heterocycles. The van der Waals surface area contributed by atoms with E-state index in [1.807, 2.05) is 0 Å². The lowest BCUT2D eigenvalue weighted by molar-refractivity contribution is -0.149. The van der Waals surface area contributed by atoms with Crippen LogP contribution in [0.15, 0.2) is 12.3 Å². The van der Waals surface area contributed by atoms with Crippen molar-refractivity contribution in [3.05, 3.63) is 12.3 Å². The Morgan fingerprint density at radius 2 is 2.08 bits per heavy atom. The number of carbonyl (C=O) groups is 1. The second-order valence-corrected chi connectivity index (χ2v) is 2.02. The largest absolute Gasteiger partial charge is 0.501 e. The highest BCUT2D eigenvalue weighted by Crippen LogP contribution is 2.19. The smallest absolute Gasteiger partial charge is 0.396 e. The van der Waals surface area contributed by atoms with Gasteiger partial charge in [-0.2, -0.15) is 13.2 Å². The predicted octanol–water partition coefficient (Wildman–Crippen LogP) is 2.06. The van der Waals surface area contributed by atoms with Gasteiger partial charge in [-0.3, -0.25) is 4.79 Å². The van der Waals surface area contributed by atoms with Crippen LogP contribution < -0.4 is 0 Å². The van der Waals surface area contributed by atoms with Crippen LogP contribution in [0.5, 0.6) is 0 Å². The third-order valence-corrected chi connectivity index (χ3v) is 0.892. The standard InChI is InChI=1S/C7H9F3O2/c1-2-12-4-3-6(11)5-7(8,9)10/h3-4H,2,5H2,1H3. The highest BCUT2D eigenvalue weighted by atomic mass is 19.4. The molecule has 0 amide bonds. The van der Waals surface area contributed by atoms with E-state index < -0.39 is 18.4 Å². The Bertz CT molecular complexity index is 172. The zero-order valence-electron chi connectivity index (χ0n) is 6.52. The van der Waals surface area contributed by atoms with Crippen LogP contribution in [0.4, 0.5) is 13.2 Å². The fourth-order valence-corrected chi connectivity index (χ4v) is 0.477. The average Bonchev–Trinajstić information content (AvgIpc) is 1.84. The molecule has 0 atom stereocenters. The Morgan fingerprint density at radius 3 is 2.50 bits per heavy atom. The first kappa shape index (κ1) is 11.0. The molecule has 0 aromatic carbocycles. The maximum Gasteiger partial charge on any atom is 0.396 e. The average molecular weight is 182 g/mol. The molecule has 2 nitrogen and oxygen atoms in total. The molecule has 0 spiro atoms. The van der Waals surface area contributed by atoms with Crippen LogP contribution in [0.1, 0.15) is 13.3 Å². The van der Waals surface area contributed by atoms with E-state index in [1.54, 1.807) is 6.92 Å². The van der Waals surface area contributed by atoms with Gasteiger partial charge in [0.25, 0.3) is 0 Å². The van der Waals surface area contributed by atoms with E-state index in [0.717, 1.165) is 12.3 Å². The fourth-order valence-electron chi connectivity index (χ4n) is 0.477. The normalized spacial score (nSPS) is 12.0. The van der Waals surface area contributed by atoms with E-state index >= 15 is 0 Å².